The number of carbonyl (C=O) groups is 1. The second-order valence-electron chi connectivity index (χ2n) is 9.89. The molecular weight excluding hydrogens is 390 g/mol. The van der Waals surface area contributed by atoms with E-state index in [0.29, 0.717) is 6.10 Å². The van der Waals surface area contributed by atoms with E-state index in [1.165, 1.54) is 32.4 Å². The van der Waals surface area contributed by atoms with Gasteiger partial charge in [-0.3, -0.25) is 4.79 Å². The third-order valence-electron chi connectivity index (χ3n) is 7.60. The summed E-state index contributed by atoms with van der Waals surface area (Å²) in [4.78, 5) is 17.3. The number of hydrogen-bond acceptors (Lipinski definition) is 4. The van der Waals surface area contributed by atoms with Crippen LogP contribution in [0.5, 0.6) is 5.75 Å². The molecule has 3 saturated heterocycles. The Labute approximate surface area is 183 Å². The van der Waals surface area contributed by atoms with Crippen LogP contribution in [0.4, 0.5) is 0 Å². The van der Waals surface area contributed by atoms with Crippen molar-refractivity contribution in [1.29, 1.82) is 0 Å². The van der Waals surface area contributed by atoms with E-state index >= 15 is 0 Å². The zero-order valence-electron chi connectivity index (χ0n) is 18.0. The molecule has 1 spiro atoms. The largest absolute Gasteiger partial charge is 0.490 e. The quantitative estimate of drug-likeness (QED) is 0.743. The molecule has 1 aromatic carbocycles. The molecule has 0 unspecified atom stereocenters. The Balaban J connectivity index is 1.03. The van der Waals surface area contributed by atoms with Crippen LogP contribution in [0.3, 0.4) is 0 Å². The number of likely N-dealkylation sites (tertiary alicyclic amines) is 2. The van der Waals surface area contributed by atoms with E-state index < -0.39 is 0 Å². The van der Waals surface area contributed by atoms with Gasteiger partial charge >= 0.3 is 0 Å². The molecule has 1 saturated carbocycles. The van der Waals surface area contributed by atoms with Gasteiger partial charge in [-0.15, -0.1) is 0 Å². The van der Waals surface area contributed by atoms with Gasteiger partial charge in [-0.25, -0.2) is 0 Å². The molecular formula is C25H31N3O3. The number of hydrogen-bond donors (Lipinski definition) is 0. The van der Waals surface area contributed by atoms with Crippen LogP contribution in [0.25, 0.3) is 5.69 Å². The van der Waals surface area contributed by atoms with E-state index in [1.54, 1.807) is 0 Å². The summed E-state index contributed by atoms with van der Waals surface area (Å²) in [7, 11) is 0. The van der Waals surface area contributed by atoms with E-state index in [9.17, 15) is 4.79 Å². The summed E-state index contributed by atoms with van der Waals surface area (Å²) >= 11 is 0. The smallest absolute Gasteiger partial charge is 0.255 e. The maximum absolute atomic E-state index is 12.7. The van der Waals surface area contributed by atoms with Gasteiger partial charge in [0.25, 0.3) is 5.91 Å². The first-order chi connectivity index (χ1) is 15.2. The number of piperidine rings is 1. The van der Waals surface area contributed by atoms with E-state index in [1.807, 2.05) is 40.1 Å². The Morgan fingerprint density at radius 1 is 1.00 bits per heavy atom. The molecule has 0 bridgehead atoms. The van der Waals surface area contributed by atoms with Crippen LogP contribution in [-0.2, 0) is 4.74 Å². The Morgan fingerprint density at radius 2 is 1.74 bits per heavy atom. The normalized spacial score (nSPS) is 23.8. The van der Waals surface area contributed by atoms with Gasteiger partial charge in [0.05, 0.1) is 24.2 Å². The molecule has 3 aliphatic heterocycles. The van der Waals surface area contributed by atoms with Crippen molar-refractivity contribution >= 4 is 5.91 Å². The number of nitrogens with zero attached hydrogens (tertiary/aromatic N) is 3. The van der Waals surface area contributed by atoms with Gasteiger partial charge in [-0.05, 0) is 56.0 Å². The average Bonchev–Trinajstić information content (AvgIpc) is 3.17. The molecule has 0 radical (unpaired) electrons. The zero-order chi connectivity index (χ0) is 20.8. The summed E-state index contributed by atoms with van der Waals surface area (Å²) in [5, 5.41) is 0. The number of ether oxygens (including phenoxy) is 2. The summed E-state index contributed by atoms with van der Waals surface area (Å²) in [5.41, 5.74) is 2.04. The Morgan fingerprint density at radius 3 is 2.35 bits per heavy atom. The van der Waals surface area contributed by atoms with E-state index in [4.69, 9.17) is 9.47 Å². The molecule has 6 heteroatoms. The number of benzene rings is 1. The van der Waals surface area contributed by atoms with Gasteiger partial charge in [-0.1, -0.05) is 6.42 Å². The fourth-order valence-electron chi connectivity index (χ4n) is 5.35. The summed E-state index contributed by atoms with van der Waals surface area (Å²) < 4.78 is 13.6. The van der Waals surface area contributed by atoms with Crippen molar-refractivity contribution in [3.63, 3.8) is 0 Å². The molecule has 0 atom stereocenters. The third-order valence-corrected chi connectivity index (χ3v) is 7.60. The topological polar surface area (TPSA) is 46.9 Å². The van der Waals surface area contributed by atoms with Crippen molar-refractivity contribution in [2.24, 2.45) is 5.41 Å². The maximum Gasteiger partial charge on any atom is 0.255 e. The lowest BCUT2D eigenvalue weighted by atomic mass is 9.78. The Hall–Kier alpha value is -2.31. The van der Waals surface area contributed by atoms with Crippen molar-refractivity contribution in [2.45, 2.75) is 44.2 Å². The highest BCUT2D eigenvalue weighted by atomic mass is 16.5. The summed E-state index contributed by atoms with van der Waals surface area (Å²) in [6, 6.07) is 11.0. The molecule has 31 heavy (non-hydrogen) atoms. The van der Waals surface area contributed by atoms with Crippen LogP contribution in [0.1, 0.15) is 42.5 Å². The Bertz CT molecular complexity index is 929. The first kappa shape index (κ1) is 19.4. The minimum absolute atomic E-state index is 0.115. The van der Waals surface area contributed by atoms with Gasteiger partial charge in [0.1, 0.15) is 11.9 Å². The molecule has 1 amide bonds. The standard InChI is InChI=1S/C25H31N3O3/c29-24(28-15-25(16-28)17-30-18-25)19-8-11-27(14-19)21-4-6-22(7-5-21)31-23-9-12-26(13-10-23)20-2-1-3-20/h4-8,11,14,20,23H,1-3,9-10,12-13,15-18H2. The second-order valence-corrected chi connectivity index (χ2v) is 9.89. The molecule has 164 valence electrons. The van der Waals surface area contributed by atoms with Gasteiger partial charge in [0.15, 0.2) is 0 Å². The van der Waals surface area contributed by atoms with Crippen LogP contribution >= 0.6 is 0 Å². The maximum atomic E-state index is 12.7. The second kappa shape index (κ2) is 7.68. The third kappa shape index (κ3) is 3.66. The van der Waals surface area contributed by atoms with Crippen molar-refractivity contribution in [2.75, 3.05) is 39.4 Å². The van der Waals surface area contributed by atoms with Crippen LogP contribution < -0.4 is 4.74 Å². The van der Waals surface area contributed by atoms with Crippen LogP contribution in [-0.4, -0.2) is 71.8 Å². The first-order valence-electron chi connectivity index (χ1n) is 11.7. The molecule has 4 aliphatic rings. The van der Waals surface area contributed by atoms with Crippen LogP contribution in [0.15, 0.2) is 42.7 Å². The molecule has 4 heterocycles. The monoisotopic (exact) mass is 421 g/mol. The molecule has 1 aromatic heterocycles. The molecule has 2 aromatic rings. The van der Waals surface area contributed by atoms with Gasteiger partial charge < -0.3 is 23.8 Å². The van der Waals surface area contributed by atoms with E-state index in [0.717, 1.165) is 62.2 Å². The lowest BCUT2D eigenvalue weighted by molar-refractivity contribution is -0.176. The number of aromatic nitrogens is 1. The zero-order valence-corrected chi connectivity index (χ0v) is 18.0. The molecule has 0 N–H and O–H groups in total. The fourth-order valence-corrected chi connectivity index (χ4v) is 5.35. The summed E-state index contributed by atoms with van der Waals surface area (Å²) in [5.74, 6) is 1.05. The van der Waals surface area contributed by atoms with Crippen molar-refractivity contribution in [1.82, 2.24) is 14.4 Å². The van der Waals surface area contributed by atoms with E-state index in [-0.39, 0.29) is 11.3 Å². The average molecular weight is 422 g/mol. The molecule has 6 rings (SSSR count). The predicted octanol–water partition coefficient (Wildman–Crippen LogP) is 3.35. The van der Waals surface area contributed by atoms with E-state index in [2.05, 4.69) is 17.0 Å². The number of carbonyl (C=O) groups excluding carboxylic acids is 1. The number of rotatable bonds is 5. The lowest BCUT2D eigenvalue weighted by Crippen LogP contribution is -2.67. The highest BCUT2D eigenvalue weighted by Gasteiger charge is 2.50. The highest BCUT2D eigenvalue weighted by Crippen LogP contribution is 2.38. The first-order valence-corrected chi connectivity index (χ1v) is 11.7. The minimum atomic E-state index is 0.115. The molecule has 1 aliphatic carbocycles. The minimum Gasteiger partial charge on any atom is -0.490 e. The molecule has 4 fully saturated rings. The highest BCUT2D eigenvalue weighted by molar-refractivity contribution is 5.94. The molecule has 6 nitrogen and oxygen atoms in total. The van der Waals surface area contributed by atoms with Gasteiger partial charge in [0, 0.05) is 50.3 Å². The fraction of sp³-hybridized carbons (Fsp3) is 0.560. The van der Waals surface area contributed by atoms with Crippen molar-refractivity contribution in [3.05, 3.63) is 48.3 Å². The number of amides is 1. The van der Waals surface area contributed by atoms with Crippen LogP contribution in [0, 0.1) is 5.41 Å². The SMILES string of the molecule is O=C(c1ccn(-c2ccc(OC3CCN(C4CCC4)CC3)cc2)c1)N1CC2(COC2)C1. The van der Waals surface area contributed by atoms with Crippen LogP contribution in [0.2, 0.25) is 0 Å². The predicted molar refractivity (Wildman–Crippen MR) is 118 cm³/mol. The van der Waals surface area contributed by atoms with Crippen molar-refractivity contribution in [3.8, 4) is 11.4 Å². The lowest BCUT2D eigenvalue weighted by Gasteiger charge is -2.54. The Kier molecular flexibility index (Phi) is 4.80. The van der Waals surface area contributed by atoms with Gasteiger partial charge in [-0.2, -0.15) is 0 Å². The summed E-state index contributed by atoms with van der Waals surface area (Å²) in [6.07, 6.45) is 10.6. The van der Waals surface area contributed by atoms with Crippen molar-refractivity contribution < 1.29 is 14.3 Å². The van der Waals surface area contributed by atoms with Gasteiger partial charge in [0.2, 0.25) is 0 Å². The summed E-state index contributed by atoms with van der Waals surface area (Å²) in [6.45, 7) is 5.57.